The molecule has 4 amide bonds. The first-order valence-corrected chi connectivity index (χ1v) is 11.1. The van der Waals surface area contributed by atoms with Gasteiger partial charge in [0.05, 0.1) is 0 Å². The number of amides is 4. The zero-order valence-corrected chi connectivity index (χ0v) is 19.5. The van der Waals surface area contributed by atoms with E-state index in [0.29, 0.717) is 30.0 Å². The summed E-state index contributed by atoms with van der Waals surface area (Å²) in [6.45, 7) is 6.84. The number of carbonyl (C=O) groups excluding carboxylic acids is 5. The number of anilines is 1. The molecule has 1 aromatic rings. The van der Waals surface area contributed by atoms with Gasteiger partial charge in [0, 0.05) is 18.2 Å². The monoisotopic (exact) mass is 457 g/mol. The van der Waals surface area contributed by atoms with Gasteiger partial charge in [-0.05, 0) is 61.3 Å². The molecule has 1 aliphatic heterocycles. The number of esters is 1. The minimum Gasteiger partial charge on any atom is -0.456 e. The van der Waals surface area contributed by atoms with E-state index >= 15 is 0 Å². The summed E-state index contributed by atoms with van der Waals surface area (Å²) in [7, 11) is 0. The molecule has 3 rings (SSSR count). The molecule has 1 aromatic carbocycles. The third kappa shape index (κ3) is 5.58. The number of ether oxygens (including phenoxy) is 1. The molecule has 0 aromatic heterocycles. The summed E-state index contributed by atoms with van der Waals surface area (Å²) >= 11 is 0. The molecule has 33 heavy (non-hydrogen) atoms. The Labute approximate surface area is 193 Å². The lowest BCUT2D eigenvalue weighted by Crippen LogP contribution is -2.50. The lowest BCUT2D eigenvalue weighted by molar-refractivity contribution is -0.147. The van der Waals surface area contributed by atoms with Gasteiger partial charge in [0.1, 0.15) is 12.1 Å². The molecule has 0 bridgehead atoms. The molecule has 1 saturated heterocycles. The molecule has 0 atom stereocenters. The Morgan fingerprint density at radius 1 is 1.12 bits per heavy atom. The summed E-state index contributed by atoms with van der Waals surface area (Å²) in [5.41, 5.74) is 0.0273. The van der Waals surface area contributed by atoms with Crippen molar-refractivity contribution in [1.29, 1.82) is 0 Å². The van der Waals surface area contributed by atoms with Gasteiger partial charge in [-0.1, -0.05) is 20.8 Å². The van der Waals surface area contributed by atoms with Crippen LogP contribution in [0.25, 0.3) is 0 Å². The average molecular weight is 458 g/mol. The maximum atomic E-state index is 13.0. The molecule has 1 heterocycles. The number of imide groups is 1. The number of benzene rings is 1. The molecule has 178 valence electrons. The summed E-state index contributed by atoms with van der Waals surface area (Å²) in [5, 5.41) is 5.38. The smallest absolute Gasteiger partial charge is 0.326 e. The fourth-order valence-electron chi connectivity index (χ4n) is 4.48. The van der Waals surface area contributed by atoms with Crippen molar-refractivity contribution in [2.24, 2.45) is 11.3 Å². The van der Waals surface area contributed by atoms with Crippen LogP contribution in [-0.4, -0.2) is 53.2 Å². The highest BCUT2D eigenvalue weighted by molar-refractivity contribution is 6.09. The van der Waals surface area contributed by atoms with E-state index in [-0.39, 0.29) is 11.3 Å². The average Bonchev–Trinajstić information content (AvgIpc) is 2.95. The van der Waals surface area contributed by atoms with Gasteiger partial charge in [0.2, 0.25) is 5.91 Å². The van der Waals surface area contributed by atoms with Crippen molar-refractivity contribution >= 4 is 35.3 Å². The fourth-order valence-corrected chi connectivity index (χ4v) is 4.48. The Kier molecular flexibility index (Phi) is 6.90. The van der Waals surface area contributed by atoms with Crippen molar-refractivity contribution in [2.45, 2.75) is 58.9 Å². The van der Waals surface area contributed by atoms with Crippen LogP contribution in [0.2, 0.25) is 0 Å². The maximum absolute atomic E-state index is 13.0. The van der Waals surface area contributed by atoms with E-state index in [1.165, 1.54) is 19.1 Å². The van der Waals surface area contributed by atoms with Crippen molar-refractivity contribution in [2.75, 3.05) is 18.5 Å². The standard InChI is InChI=1S/C24H31N3O6/c1-15(28)25-18-7-5-16(6-8-18)19(29)14-33-20(30)13-27-21(31)24(26-22(27)32)11-9-17(10-12-24)23(2,3)4/h5-8,17H,9-14H2,1-4H3,(H,25,28)(H,26,32). The van der Waals surface area contributed by atoms with Gasteiger partial charge >= 0.3 is 12.0 Å². The molecule has 1 aliphatic carbocycles. The Morgan fingerprint density at radius 3 is 2.27 bits per heavy atom. The number of rotatable bonds is 6. The Morgan fingerprint density at radius 2 is 1.73 bits per heavy atom. The summed E-state index contributed by atoms with van der Waals surface area (Å²) in [6.07, 6.45) is 2.72. The van der Waals surface area contributed by atoms with Gasteiger partial charge < -0.3 is 15.4 Å². The third-order valence-corrected chi connectivity index (χ3v) is 6.49. The molecule has 1 saturated carbocycles. The van der Waals surface area contributed by atoms with Crippen molar-refractivity contribution < 1.29 is 28.7 Å². The largest absolute Gasteiger partial charge is 0.456 e. The highest BCUT2D eigenvalue weighted by Crippen LogP contribution is 2.43. The highest BCUT2D eigenvalue weighted by atomic mass is 16.5. The quantitative estimate of drug-likeness (QED) is 0.385. The second-order valence-corrected chi connectivity index (χ2v) is 9.89. The highest BCUT2D eigenvalue weighted by Gasteiger charge is 2.53. The topological polar surface area (TPSA) is 122 Å². The van der Waals surface area contributed by atoms with E-state index in [0.717, 1.165) is 17.7 Å². The number of nitrogens with zero attached hydrogens (tertiary/aromatic N) is 1. The second-order valence-electron chi connectivity index (χ2n) is 9.89. The lowest BCUT2D eigenvalue weighted by Gasteiger charge is -2.40. The van der Waals surface area contributed by atoms with E-state index in [4.69, 9.17) is 4.74 Å². The van der Waals surface area contributed by atoms with Crippen LogP contribution in [0.4, 0.5) is 10.5 Å². The number of carbonyl (C=O) groups is 5. The first kappa shape index (κ1) is 24.4. The van der Waals surface area contributed by atoms with E-state index in [1.54, 1.807) is 12.1 Å². The molecule has 0 radical (unpaired) electrons. The van der Waals surface area contributed by atoms with E-state index < -0.39 is 42.4 Å². The van der Waals surface area contributed by atoms with Gasteiger partial charge in [0.15, 0.2) is 12.4 Å². The van der Waals surface area contributed by atoms with Crippen molar-refractivity contribution in [1.82, 2.24) is 10.2 Å². The minimum absolute atomic E-state index is 0.133. The molecular formula is C24H31N3O6. The van der Waals surface area contributed by atoms with Gasteiger partial charge in [0.25, 0.3) is 5.91 Å². The molecule has 2 N–H and O–H groups in total. The van der Waals surface area contributed by atoms with E-state index in [1.807, 2.05) is 0 Å². The number of hydrogen-bond acceptors (Lipinski definition) is 6. The van der Waals surface area contributed by atoms with E-state index in [2.05, 4.69) is 31.4 Å². The normalized spacial score (nSPS) is 22.8. The minimum atomic E-state index is -0.954. The van der Waals surface area contributed by atoms with Gasteiger partial charge in [-0.15, -0.1) is 0 Å². The van der Waals surface area contributed by atoms with Crippen molar-refractivity contribution in [3.63, 3.8) is 0 Å². The molecule has 9 nitrogen and oxygen atoms in total. The van der Waals surface area contributed by atoms with Gasteiger partial charge in [-0.25, -0.2) is 4.79 Å². The van der Waals surface area contributed by atoms with E-state index in [9.17, 15) is 24.0 Å². The SMILES string of the molecule is CC(=O)Nc1ccc(C(=O)COC(=O)CN2C(=O)NC3(CCC(C(C)(C)C)CC3)C2=O)cc1. The molecule has 2 fully saturated rings. The summed E-state index contributed by atoms with van der Waals surface area (Å²) in [5.74, 6) is -1.44. The number of hydrogen-bond donors (Lipinski definition) is 2. The molecular weight excluding hydrogens is 426 g/mol. The zero-order chi connectivity index (χ0) is 24.4. The molecule has 9 heteroatoms. The van der Waals surface area contributed by atoms with Crippen LogP contribution in [0.3, 0.4) is 0 Å². The molecule has 0 unspecified atom stereocenters. The second kappa shape index (κ2) is 9.33. The van der Waals surface area contributed by atoms with Crippen molar-refractivity contribution in [3.05, 3.63) is 29.8 Å². The van der Waals surface area contributed by atoms with Crippen LogP contribution in [0.15, 0.2) is 24.3 Å². The Bertz CT molecular complexity index is 955. The summed E-state index contributed by atoms with van der Waals surface area (Å²) in [6, 6.07) is 5.55. The predicted octanol–water partition coefficient (Wildman–Crippen LogP) is 2.90. The molecule has 1 spiro atoms. The Hall–Kier alpha value is -3.23. The first-order valence-electron chi connectivity index (χ1n) is 11.1. The lowest BCUT2D eigenvalue weighted by atomic mass is 9.67. The third-order valence-electron chi connectivity index (χ3n) is 6.49. The number of Topliss-reactive ketones (excluding diaryl/α,β-unsaturated/α-hetero) is 1. The van der Waals surface area contributed by atoms with Gasteiger partial charge in [-0.3, -0.25) is 24.1 Å². The number of ketones is 1. The zero-order valence-electron chi connectivity index (χ0n) is 19.5. The first-order chi connectivity index (χ1) is 15.4. The number of nitrogens with one attached hydrogen (secondary N) is 2. The van der Waals surface area contributed by atoms with Crippen LogP contribution < -0.4 is 10.6 Å². The maximum Gasteiger partial charge on any atom is 0.326 e. The summed E-state index contributed by atoms with van der Waals surface area (Å²) < 4.78 is 5.02. The Balaban J connectivity index is 1.52. The van der Waals surface area contributed by atoms with Crippen LogP contribution in [0, 0.1) is 11.3 Å². The van der Waals surface area contributed by atoms with Crippen LogP contribution in [-0.2, 0) is 19.1 Å². The van der Waals surface area contributed by atoms with Crippen LogP contribution in [0.1, 0.15) is 63.7 Å². The van der Waals surface area contributed by atoms with Crippen molar-refractivity contribution in [3.8, 4) is 0 Å². The predicted molar refractivity (Wildman–Crippen MR) is 120 cm³/mol. The van der Waals surface area contributed by atoms with Crippen LogP contribution >= 0.6 is 0 Å². The fraction of sp³-hybridized carbons (Fsp3) is 0.542. The number of urea groups is 1. The van der Waals surface area contributed by atoms with Gasteiger partial charge in [-0.2, -0.15) is 0 Å². The molecule has 2 aliphatic rings. The van der Waals surface area contributed by atoms with Crippen LogP contribution in [0.5, 0.6) is 0 Å². The summed E-state index contributed by atoms with van der Waals surface area (Å²) in [4.78, 5) is 61.9.